The number of nitrogens with zero attached hydrogens (tertiary/aromatic N) is 1. The topological polar surface area (TPSA) is 92.5 Å². The van der Waals surface area contributed by atoms with Gasteiger partial charge in [0.2, 0.25) is 15.9 Å². The molecule has 1 aliphatic heterocycles. The summed E-state index contributed by atoms with van der Waals surface area (Å²) in [6, 6.07) is 4.50. The molecule has 0 aliphatic carbocycles. The van der Waals surface area contributed by atoms with Crippen LogP contribution in [0.5, 0.6) is 0 Å². The number of benzene rings is 1. The van der Waals surface area contributed by atoms with Gasteiger partial charge in [-0.05, 0) is 37.6 Å². The normalized spacial score (nSPS) is 16.8. The number of sulfonamides is 1. The molecule has 0 spiro atoms. The predicted octanol–water partition coefficient (Wildman–Crippen LogP) is 0.500. The minimum absolute atomic E-state index is 0. The molecule has 1 aromatic carbocycles. The van der Waals surface area contributed by atoms with Crippen molar-refractivity contribution in [2.45, 2.75) is 18.2 Å². The van der Waals surface area contributed by atoms with E-state index in [0.29, 0.717) is 25.2 Å². The average Bonchev–Trinajstić information content (AvgIpc) is 2.67. The van der Waals surface area contributed by atoms with Crippen LogP contribution >= 0.6 is 12.4 Å². The molecule has 21 heavy (non-hydrogen) atoms. The maximum absolute atomic E-state index is 12.6. The van der Waals surface area contributed by atoms with Gasteiger partial charge in [0.25, 0.3) is 0 Å². The summed E-state index contributed by atoms with van der Waals surface area (Å²) in [5.74, 6) is -0.614. The number of halogens is 1. The van der Waals surface area contributed by atoms with E-state index in [-0.39, 0.29) is 22.9 Å². The smallest absolute Gasteiger partial charge is 0.249 e. The molecular weight excluding hydrogens is 314 g/mol. The first-order valence-electron chi connectivity index (χ1n) is 6.54. The molecule has 0 atom stereocenters. The van der Waals surface area contributed by atoms with Crippen molar-refractivity contribution in [1.29, 1.82) is 0 Å². The van der Waals surface area contributed by atoms with Gasteiger partial charge < -0.3 is 11.1 Å². The molecule has 1 saturated heterocycles. The molecule has 0 saturated carbocycles. The molecule has 118 valence electrons. The highest BCUT2D eigenvalue weighted by Crippen LogP contribution is 2.20. The van der Waals surface area contributed by atoms with Crippen molar-refractivity contribution in [2.75, 3.05) is 26.2 Å². The molecular formula is C13H20ClN3O3S. The number of carbonyl (C=O) groups is 1. The first-order valence-corrected chi connectivity index (χ1v) is 7.98. The SMILES string of the molecule is Cc1ccc(S(=O)(=O)N2CCCNCC2)cc1C(N)=O.Cl. The van der Waals surface area contributed by atoms with Gasteiger partial charge in [-0.25, -0.2) is 8.42 Å². The van der Waals surface area contributed by atoms with Gasteiger partial charge in [0.05, 0.1) is 4.90 Å². The zero-order chi connectivity index (χ0) is 14.8. The van der Waals surface area contributed by atoms with E-state index in [1.54, 1.807) is 13.0 Å². The Morgan fingerprint density at radius 2 is 2.00 bits per heavy atom. The highest BCUT2D eigenvalue weighted by atomic mass is 35.5. The third-order valence-electron chi connectivity index (χ3n) is 3.41. The number of carbonyl (C=O) groups excluding carboxylic acids is 1. The van der Waals surface area contributed by atoms with Gasteiger partial charge in [0.15, 0.2) is 0 Å². The van der Waals surface area contributed by atoms with Crippen molar-refractivity contribution in [3.05, 3.63) is 29.3 Å². The van der Waals surface area contributed by atoms with Crippen molar-refractivity contribution >= 4 is 28.3 Å². The van der Waals surface area contributed by atoms with Crippen molar-refractivity contribution in [2.24, 2.45) is 5.73 Å². The predicted molar refractivity (Wildman–Crippen MR) is 83.2 cm³/mol. The fraction of sp³-hybridized carbons (Fsp3) is 0.462. The molecule has 6 nitrogen and oxygen atoms in total. The quantitative estimate of drug-likeness (QED) is 0.842. The summed E-state index contributed by atoms with van der Waals surface area (Å²) in [7, 11) is -3.57. The Balaban J connectivity index is 0.00000220. The van der Waals surface area contributed by atoms with Gasteiger partial charge in [-0.1, -0.05) is 6.07 Å². The Morgan fingerprint density at radius 1 is 1.29 bits per heavy atom. The van der Waals surface area contributed by atoms with Gasteiger partial charge in [0, 0.05) is 25.2 Å². The van der Waals surface area contributed by atoms with E-state index in [1.807, 2.05) is 0 Å². The van der Waals surface area contributed by atoms with E-state index in [9.17, 15) is 13.2 Å². The molecule has 1 fully saturated rings. The maximum Gasteiger partial charge on any atom is 0.249 e. The summed E-state index contributed by atoms with van der Waals surface area (Å²) >= 11 is 0. The number of amides is 1. The first kappa shape index (κ1) is 17.9. The molecule has 1 amide bonds. The van der Waals surface area contributed by atoms with Gasteiger partial charge >= 0.3 is 0 Å². The molecule has 0 aromatic heterocycles. The number of primary amides is 1. The van der Waals surface area contributed by atoms with Crippen LogP contribution in [0, 0.1) is 6.92 Å². The van der Waals surface area contributed by atoms with Crippen LogP contribution in [-0.4, -0.2) is 44.8 Å². The lowest BCUT2D eigenvalue weighted by Crippen LogP contribution is -2.34. The summed E-state index contributed by atoms with van der Waals surface area (Å²) in [6.45, 7) is 4.09. The van der Waals surface area contributed by atoms with E-state index in [4.69, 9.17) is 5.73 Å². The second-order valence-electron chi connectivity index (χ2n) is 4.85. The van der Waals surface area contributed by atoms with E-state index in [0.717, 1.165) is 13.0 Å². The van der Waals surface area contributed by atoms with Crippen LogP contribution in [0.1, 0.15) is 22.3 Å². The number of hydrogen-bond acceptors (Lipinski definition) is 4. The van der Waals surface area contributed by atoms with Crippen molar-refractivity contribution in [1.82, 2.24) is 9.62 Å². The summed E-state index contributed by atoms with van der Waals surface area (Å²) in [5, 5.41) is 3.16. The Labute approximate surface area is 131 Å². The van der Waals surface area contributed by atoms with Crippen molar-refractivity contribution in [3.63, 3.8) is 0 Å². The van der Waals surface area contributed by atoms with Gasteiger partial charge in [-0.2, -0.15) is 4.31 Å². The van der Waals surface area contributed by atoms with Crippen molar-refractivity contribution in [3.8, 4) is 0 Å². The van der Waals surface area contributed by atoms with Gasteiger partial charge in [-0.3, -0.25) is 4.79 Å². The molecule has 3 N–H and O–H groups in total. The van der Waals surface area contributed by atoms with E-state index in [1.165, 1.54) is 16.4 Å². The third-order valence-corrected chi connectivity index (χ3v) is 5.31. The fourth-order valence-corrected chi connectivity index (χ4v) is 3.74. The van der Waals surface area contributed by atoms with E-state index < -0.39 is 15.9 Å². The molecule has 0 unspecified atom stereocenters. The average molecular weight is 334 g/mol. The van der Waals surface area contributed by atoms with Crippen LogP contribution in [0.4, 0.5) is 0 Å². The molecule has 0 bridgehead atoms. The standard InChI is InChI=1S/C13H19N3O3S.ClH/c1-10-3-4-11(9-12(10)13(14)17)20(18,19)16-7-2-5-15-6-8-16;/h3-4,9,15H,2,5-8H2,1H3,(H2,14,17);1H. The Kier molecular flexibility index (Phi) is 6.15. The summed E-state index contributed by atoms with van der Waals surface area (Å²) < 4.78 is 26.6. The number of nitrogens with one attached hydrogen (secondary N) is 1. The zero-order valence-corrected chi connectivity index (χ0v) is 13.5. The second-order valence-corrected chi connectivity index (χ2v) is 6.79. The van der Waals surface area contributed by atoms with Crippen LogP contribution in [0.25, 0.3) is 0 Å². The van der Waals surface area contributed by atoms with Crippen LogP contribution in [-0.2, 0) is 10.0 Å². The fourth-order valence-electron chi connectivity index (χ4n) is 2.24. The monoisotopic (exact) mass is 333 g/mol. The van der Waals surface area contributed by atoms with Crippen molar-refractivity contribution < 1.29 is 13.2 Å². The summed E-state index contributed by atoms with van der Waals surface area (Å²) in [5.41, 5.74) is 6.20. The zero-order valence-electron chi connectivity index (χ0n) is 11.8. The van der Waals surface area contributed by atoms with Crippen LogP contribution in [0.2, 0.25) is 0 Å². The van der Waals surface area contributed by atoms with E-state index in [2.05, 4.69) is 5.32 Å². The van der Waals surface area contributed by atoms with Crippen LogP contribution < -0.4 is 11.1 Å². The molecule has 1 aliphatic rings. The third kappa shape index (κ3) is 3.94. The summed E-state index contributed by atoms with van der Waals surface area (Å²) in [4.78, 5) is 11.5. The number of nitrogens with two attached hydrogens (primary N) is 1. The van der Waals surface area contributed by atoms with Gasteiger partial charge in [0.1, 0.15) is 0 Å². The molecule has 2 rings (SSSR count). The Bertz CT molecular complexity index is 611. The Hall–Kier alpha value is -1.15. The summed E-state index contributed by atoms with van der Waals surface area (Å²) in [6.07, 6.45) is 0.772. The maximum atomic E-state index is 12.6. The molecule has 8 heteroatoms. The lowest BCUT2D eigenvalue weighted by Gasteiger charge is -2.20. The highest BCUT2D eigenvalue weighted by Gasteiger charge is 2.25. The number of hydrogen-bond donors (Lipinski definition) is 2. The lowest BCUT2D eigenvalue weighted by atomic mass is 10.1. The minimum atomic E-state index is -3.57. The molecule has 0 radical (unpaired) electrons. The lowest BCUT2D eigenvalue weighted by molar-refractivity contribution is 0.0999. The minimum Gasteiger partial charge on any atom is -0.366 e. The Morgan fingerprint density at radius 3 is 2.67 bits per heavy atom. The number of aryl methyl sites for hydroxylation is 1. The largest absolute Gasteiger partial charge is 0.366 e. The molecule has 1 aromatic rings. The second kappa shape index (κ2) is 7.22. The first-order chi connectivity index (χ1) is 9.43. The highest BCUT2D eigenvalue weighted by molar-refractivity contribution is 7.89. The van der Waals surface area contributed by atoms with Gasteiger partial charge in [-0.15, -0.1) is 12.4 Å². The number of rotatable bonds is 3. The van der Waals surface area contributed by atoms with E-state index >= 15 is 0 Å². The van der Waals surface area contributed by atoms with Crippen LogP contribution in [0.3, 0.4) is 0 Å². The van der Waals surface area contributed by atoms with Crippen LogP contribution in [0.15, 0.2) is 23.1 Å². The molecule has 1 heterocycles.